The predicted molar refractivity (Wildman–Crippen MR) is 77.1 cm³/mol. The fraction of sp³-hybridized carbons (Fsp3) is 0.533. The van der Waals surface area contributed by atoms with Gasteiger partial charge >= 0.3 is 0 Å². The molecule has 106 valence electrons. The number of nitrogens with one attached hydrogen (secondary N) is 2. The van der Waals surface area contributed by atoms with E-state index >= 15 is 0 Å². The predicted octanol–water partition coefficient (Wildman–Crippen LogP) is 2.35. The summed E-state index contributed by atoms with van der Waals surface area (Å²) in [6, 6.07) is 7.42. The summed E-state index contributed by atoms with van der Waals surface area (Å²) in [6.07, 6.45) is 2.40. The Hall–Kier alpha value is -1.55. The van der Waals surface area contributed by atoms with E-state index in [0.717, 1.165) is 24.9 Å². The minimum Gasteiger partial charge on any atom is -0.508 e. The zero-order valence-corrected chi connectivity index (χ0v) is 11.8. The van der Waals surface area contributed by atoms with E-state index < -0.39 is 0 Å². The first kappa shape index (κ1) is 15.5. The van der Waals surface area contributed by atoms with E-state index in [2.05, 4.69) is 17.6 Å². The molecule has 0 aliphatic carbocycles. The van der Waals surface area contributed by atoms with Crippen LogP contribution in [0.5, 0.6) is 5.75 Å². The number of phenolic OH excluding ortho intramolecular Hbond substituents is 1. The van der Waals surface area contributed by atoms with Gasteiger partial charge in [-0.15, -0.1) is 0 Å². The van der Waals surface area contributed by atoms with Crippen LogP contribution < -0.4 is 10.6 Å². The molecular formula is C15H24N2O2. The molecule has 1 unspecified atom stereocenters. The third kappa shape index (κ3) is 5.75. The molecule has 3 N–H and O–H groups in total. The normalized spacial score (nSPS) is 12.1. The number of phenols is 1. The van der Waals surface area contributed by atoms with Gasteiger partial charge in [-0.25, -0.2) is 0 Å². The molecular weight excluding hydrogens is 240 g/mol. The number of hydrogen-bond donors (Lipinski definition) is 3. The Bertz CT molecular complexity index is 376. The maximum absolute atomic E-state index is 11.5. The molecule has 0 heterocycles. The molecule has 1 rings (SSSR count). The van der Waals surface area contributed by atoms with Gasteiger partial charge in [-0.2, -0.15) is 0 Å². The molecule has 0 radical (unpaired) electrons. The van der Waals surface area contributed by atoms with Crippen LogP contribution in [0.15, 0.2) is 24.3 Å². The Morgan fingerprint density at radius 3 is 2.47 bits per heavy atom. The average Bonchev–Trinajstić information content (AvgIpc) is 2.42. The van der Waals surface area contributed by atoms with E-state index in [1.807, 2.05) is 19.1 Å². The number of carbonyl (C=O) groups excluding carboxylic acids is 1. The van der Waals surface area contributed by atoms with Crippen LogP contribution in [-0.4, -0.2) is 24.1 Å². The van der Waals surface area contributed by atoms with Crippen molar-refractivity contribution < 1.29 is 9.90 Å². The molecule has 0 saturated heterocycles. The van der Waals surface area contributed by atoms with Crippen molar-refractivity contribution in [3.63, 3.8) is 0 Å². The van der Waals surface area contributed by atoms with E-state index in [4.69, 9.17) is 0 Å². The molecule has 0 aliphatic rings. The molecule has 1 atom stereocenters. The van der Waals surface area contributed by atoms with Crippen molar-refractivity contribution >= 4 is 5.91 Å². The zero-order chi connectivity index (χ0) is 14.1. The van der Waals surface area contributed by atoms with E-state index in [9.17, 15) is 9.90 Å². The second-order valence-electron chi connectivity index (χ2n) is 4.61. The van der Waals surface area contributed by atoms with Gasteiger partial charge < -0.3 is 15.7 Å². The highest BCUT2D eigenvalue weighted by molar-refractivity contribution is 5.75. The zero-order valence-electron chi connectivity index (χ0n) is 11.8. The lowest BCUT2D eigenvalue weighted by atomic mass is 10.0. The molecule has 1 amide bonds. The molecule has 0 aromatic heterocycles. The van der Waals surface area contributed by atoms with Gasteiger partial charge in [0.2, 0.25) is 5.91 Å². The molecule has 0 saturated carbocycles. The Morgan fingerprint density at radius 2 is 1.89 bits per heavy atom. The molecule has 4 nitrogen and oxygen atoms in total. The molecule has 4 heteroatoms. The Morgan fingerprint density at radius 1 is 1.21 bits per heavy atom. The van der Waals surface area contributed by atoms with Crippen molar-refractivity contribution in [1.82, 2.24) is 10.6 Å². The molecule has 0 aliphatic heterocycles. The summed E-state index contributed by atoms with van der Waals surface area (Å²) in [7, 11) is 0. The van der Waals surface area contributed by atoms with Crippen LogP contribution in [0.25, 0.3) is 0 Å². The van der Waals surface area contributed by atoms with Gasteiger partial charge in [0.05, 0.1) is 0 Å². The molecule has 1 aromatic rings. The third-order valence-corrected chi connectivity index (χ3v) is 3.02. The maximum Gasteiger partial charge on any atom is 0.221 e. The lowest BCUT2D eigenvalue weighted by Gasteiger charge is -2.17. The highest BCUT2D eigenvalue weighted by Crippen LogP contribution is 2.19. The van der Waals surface area contributed by atoms with Crippen LogP contribution in [0.3, 0.4) is 0 Å². The number of amides is 1. The van der Waals surface area contributed by atoms with Crippen LogP contribution >= 0.6 is 0 Å². The highest BCUT2D eigenvalue weighted by atomic mass is 16.3. The number of aromatic hydroxyl groups is 1. The maximum atomic E-state index is 11.5. The van der Waals surface area contributed by atoms with Gasteiger partial charge in [-0.05, 0) is 30.5 Å². The van der Waals surface area contributed by atoms with E-state index in [1.165, 1.54) is 0 Å². The summed E-state index contributed by atoms with van der Waals surface area (Å²) in [5.41, 5.74) is 1.13. The van der Waals surface area contributed by atoms with Gasteiger partial charge in [0, 0.05) is 25.6 Å². The van der Waals surface area contributed by atoms with Crippen molar-refractivity contribution in [2.75, 3.05) is 13.1 Å². The molecule has 1 aromatic carbocycles. The lowest BCUT2D eigenvalue weighted by molar-refractivity contribution is -0.121. The first-order valence-corrected chi connectivity index (χ1v) is 6.96. The average molecular weight is 264 g/mol. The monoisotopic (exact) mass is 264 g/mol. The highest BCUT2D eigenvalue weighted by Gasteiger charge is 2.09. The summed E-state index contributed by atoms with van der Waals surface area (Å²) < 4.78 is 0. The van der Waals surface area contributed by atoms with E-state index in [-0.39, 0.29) is 17.7 Å². The Balaban J connectivity index is 2.37. The largest absolute Gasteiger partial charge is 0.508 e. The number of hydrogen-bond acceptors (Lipinski definition) is 3. The SMILES string of the molecule is CCCNC(=O)CCNC(CC)c1ccc(O)cc1. The first-order chi connectivity index (χ1) is 9.17. The first-order valence-electron chi connectivity index (χ1n) is 6.96. The lowest BCUT2D eigenvalue weighted by Crippen LogP contribution is -2.29. The fourth-order valence-corrected chi connectivity index (χ4v) is 1.92. The van der Waals surface area contributed by atoms with Gasteiger partial charge in [-0.1, -0.05) is 26.0 Å². The summed E-state index contributed by atoms with van der Waals surface area (Å²) in [6.45, 7) is 5.54. The van der Waals surface area contributed by atoms with Crippen LogP contribution in [0.2, 0.25) is 0 Å². The van der Waals surface area contributed by atoms with Crippen LogP contribution in [0.1, 0.15) is 44.7 Å². The van der Waals surface area contributed by atoms with Gasteiger partial charge in [-0.3, -0.25) is 4.79 Å². The van der Waals surface area contributed by atoms with Crippen molar-refractivity contribution in [2.24, 2.45) is 0 Å². The van der Waals surface area contributed by atoms with Crippen LogP contribution in [-0.2, 0) is 4.79 Å². The number of carbonyl (C=O) groups is 1. The summed E-state index contributed by atoms with van der Waals surface area (Å²) in [5.74, 6) is 0.368. The Labute approximate surface area is 115 Å². The number of rotatable bonds is 8. The van der Waals surface area contributed by atoms with Crippen molar-refractivity contribution in [2.45, 2.75) is 39.2 Å². The van der Waals surface area contributed by atoms with Crippen molar-refractivity contribution in [1.29, 1.82) is 0 Å². The van der Waals surface area contributed by atoms with Crippen molar-refractivity contribution in [3.05, 3.63) is 29.8 Å². The minimum absolute atomic E-state index is 0.0925. The fourth-order valence-electron chi connectivity index (χ4n) is 1.92. The van der Waals surface area contributed by atoms with E-state index in [1.54, 1.807) is 12.1 Å². The third-order valence-electron chi connectivity index (χ3n) is 3.02. The summed E-state index contributed by atoms with van der Waals surface area (Å²) in [4.78, 5) is 11.5. The molecule has 19 heavy (non-hydrogen) atoms. The topological polar surface area (TPSA) is 61.4 Å². The molecule has 0 fully saturated rings. The minimum atomic E-state index is 0.0925. The van der Waals surface area contributed by atoms with Crippen LogP contribution in [0, 0.1) is 0 Å². The Kier molecular flexibility index (Phi) is 6.97. The van der Waals surface area contributed by atoms with Gasteiger partial charge in [0.25, 0.3) is 0 Å². The van der Waals surface area contributed by atoms with E-state index in [0.29, 0.717) is 13.0 Å². The quantitative estimate of drug-likeness (QED) is 0.675. The second-order valence-corrected chi connectivity index (χ2v) is 4.61. The van der Waals surface area contributed by atoms with Gasteiger partial charge in [0.1, 0.15) is 5.75 Å². The molecule has 0 bridgehead atoms. The summed E-state index contributed by atoms with van der Waals surface area (Å²) >= 11 is 0. The molecule has 0 spiro atoms. The smallest absolute Gasteiger partial charge is 0.221 e. The van der Waals surface area contributed by atoms with Crippen molar-refractivity contribution in [3.8, 4) is 5.75 Å². The number of benzene rings is 1. The second kappa shape index (κ2) is 8.53. The van der Waals surface area contributed by atoms with Gasteiger partial charge in [0.15, 0.2) is 0 Å². The summed E-state index contributed by atoms with van der Waals surface area (Å²) in [5, 5.41) is 15.5. The standard InChI is InChI=1S/C15H24N2O2/c1-3-10-17-15(19)9-11-16-14(4-2)12-5-7-13(18)8-6-12/h5-8,14,16,18H,3-4,9-11H2,1-2H3,(H,17,19). The van der Waals surface area contributed by atoms with Crippen LogP contribution in [0.4, 0.5) is 0 Å².